The smallest absolute Gasteiger partial charge is 0.161 e. The monoisotopic (exact) mass is 485 g/mol. The Balaban J connectivity index is 1.50. The van der Waals surface area contributed by atoms with Crippen LogP contribution in [0.2, 0.25) is 5.02 Å². The first kappa shape index (κ1) is 22.9. The zero-order chi connectivity index (χ0) is 23.4. The van der Waals surface area contributed by atoms with Crippen molar-refractivity contribution in [3.05, 3.63) is 94.3 Å². The molecule has 3 aromatic carbocycles. The number of ether oxygens (including phenoxy) is 1. The molecule has 4 rings (SSSR count). The third-order valence-corrected chi connectivity index (χ3v) is 5.97. The Morgan fingerprint density at radius 3 is 2.55 bits per heavy atom. The van der Waals surface area contributed by atoms with Gasteiger partial charge in [0.2, 0.25) is 0 Å². The van der Waals surface area contributed by atoms with E-state index in [2.05, 4.69) is 9.98 Å². The van der Waals surface area contributed by atoms with E-state index in [1.54, 1.807) is 47.6 Å². The summed E-state index contributed by atoms with van der Waals surface area (Å²) in [4.78, 5) is 10.8. The molecule has 3 aromatic rings. The molecule has 0 spiro atoms. The van der Waals surface area contributed by atoms with Crippen molar-refractivity contribution in [2.75, 3.05) is 17.8 Å². The van der Waals surface area contributed by atoms with Crippen molar-refractivity contribution >= 4 is 39.3 Å². The van der Waals surface area contributed by atoms with Crippen LogP contribution in [0.3, 0.4) is 0 Å². The molecule has 1 aliphatic rings. The summed E-state index contributed by atoms with van der Waals surface area (Å²) >= 11 is 5.92. The second-order valence-corrected chi connectivity index (χ2v) is 10.2. The standard InChI is InChI=1S/C24H21ClFN3O3S/c1-33(30,31)14-18-3-2-4-21(11-18)29-15-27-24(28-16-29)22-10-9-20(26)12-23(22)32-13-17-5-7-19(25)8-6-17/h2-12,15H,13-14,16H2,1H3. The van der Waals surface area contributed by atoms with Gasteiger partial charge in [-0.15, -0.1) is 0 Å². The molecule has 0 amide bonds. The summed E-state index contributed by atoms with van der Waals surface area (Å²) < 4.78 is 43.0. The molecule has 0 aliphatic carbocycles. The number of sulfone groups is 1. The second-order valence-electron chi connectivity index (χ2n) is 7.63. The van der Waals surface area contributed by atoms with Crippen molar-refractivity contribution in [3.8, 4) is 5.75 Å². The molecule has 0 fully saturated rings. The molecule has 0 saturated carbocycles. The average molecular weight is 486 g/mol. The lowest BCUT2D eigenvalue weighted by Crippen LogP contribution is -2.26. The molecule has 0 N–H and O–H groups in total. The van der Waals surface area contributed by atoms with Crippen LogP contribution < -0.4 is 9.64 Å². The van der Waals surface area contributed by atoms with Crippen LogP contribution in [0.25, 0.3) is 0 Å². The minimum atomic E-state index is -3.14. The zero-order valence-corrected chi connectivity index (χ0v) is 19.4. The normalized spacial score (nSPS) is 13.7. The summed E-state index contributed by atoms with van der Waals surface area (Å²) in [6.07, 6.45) is 2.82. The minimum Gasteiger partial charge on any atom is -0.488 e. The highest BCUT2D eigenvalue weighted by molar-refractivity contribution is 7.89. The van der Waals surface area contributed by atoms with E-state index in [0.29, 0.717) is 27.7 Å². The summed E-state index contributed by atoms with van der Waals surface area (Å²) in [6.45, 7) is 0.513. The number of hydrogen-bond acceptors (Lipinski definition) is 6. The quantitative estimate of drug-likeness (QED) is 0.479. The van der Waals surface area contributed by atoms with E-state index in [1.807, 2.05) is 18.2 Å². The highest BCUT2D eigenvalue weighted by atomic mass is 35.5. The number of anilines is 1. The van der Waals surface area contributed by atoms with Gasteiger partial charge < -0.3 is 9.64 Å². The van der Waals surface area contributed by atoms with E-state index in [0.717, 1.165) is 11.3 Å². The average Bonchev–Trinajstić information content (AvgIpc) is 2.78. The van der Waals surface area contributed by atoms with Gasteiger partial charge in [0.05, 0.1) is 17.7 Å². The fourth-order valence-electron chi connectivity index (χ4n) is 3.32. The van der Waals surface area contributed by atoms with E-state index >= 15 is 0 Å². The molecule has 6 nitrogen and oxygen atoms in total. The zero-order valence-electron chi connectivity index (χ0n) is 17.8. The fourth-order valence-corrected chi connectivity index (χ4v) is 4.23. The highest BCUT2D eigenvalue weighted by Gasteiger charge is 2.16. The first-order chi connectivity index (χ1) is 15.8. The number of benzene rings is 3. The van der Waals surface area contributed by atoms with Crippen molar-refractivity contribution in [2.45, 2.75) is 12.4 Å². The third kappa shape index (κ3) is 6.18. The molecule has 9 heteroatoms. The van der Waals surface area contributed by atoms with Gasteiger partial charge in [0.25, 0.3) is 0 Å². The van der Waals surface area contributed by atoms with Crippen LogP contribution in [0.1, 0.15) is 16.7 Å². The van der Waals surface area contributed by atoms with Crippen molar-refractivity contribution in [2.24, 2.45) is 9.98 Å². The number of aliphatic imine (C=N–C) groups is 2. The van der Waals surface area contributed by atoms with Crippen LogP contribution >= 0.6 is 11.6 Å². The van der Waals surface area contributed by atoms with Crippen LogP contribution in [-0.4, -0.2) is 33.5 Å². The SMILES string of the molecule is CS(=O)(=O)Cc1cccc(N2C=NC(c3ccc(F)cc3OCc3ccc(Cl)cc3)=NC2)c1. The Labute approximate surface area is 196 Å². The van der Waals surface area contributed by atoms with E-state index in [-0.39, 0.29) is 19.0 Å². The molecule has 0 atom stereocenters. The maximum absolute atomic E-state index is 13.9. The molecule has 1 aliphatic heterocycles. The van der Waals surface area contributed by atoms with Gasteiger partial charge in [-0.2, -0.15) is 0 Å². The summed E-state index contributed by atoms with van der Waals surface area (Å²) in [7, 11) is -3.14. The maximum Gasteiger partial charge on any atom is 0.161 e. The minimum absolute atomic E-state index is 0.0375. The van der Waals surface area contributed by atoms with Gasteiger partial charge in [-0.3, -0.25) is 0 Å². The molecular formula is C24H21ClFN3O3S. The van der Waals surface area contributed by atoms with Crippen molar-refractivity contribution in [1.82, 2.24) is 0 Å². The maximum atomic E-state index is 13.9. The highest BCUT2D eigenvalue weighted by Crippen LogP contribution is 2.25. The molecule has 0 unspecified atom stereocenters. The van der Waals surface area contributed by atoms with Crippen molar-refractivity contribution in [3.63, 3.8) is 0 Å². The predicted molar refractivity (Wildman–Crippen MR) is 130 cm³/mol. The first-order valence-electron chi connectivity index (χ1n) is 10.1. The molecule has 0 aromatic heterocycles. The van der Waals surface area contributed by atoms with E-state index < -0.39 is 15.7 Å². The first-order valence-corrected chi connectivity index (χ1v) is 12.5. The summed E-state index contributed by atoms with van der Waals surface area (Å²) in [5.41, 5.74) is 2.94. The Morgan fingerprint density at radius 1 is 1.06 bits per heavy atom. The number of nitrogens with zero attached hydrogens (tertiary/aromatic N) is 3. The van der Waals surface area contributed by atoms with Crippen LogP contribution in [0.5, 0.6) is 5.75 Å². The van der Waals surface area contributed by atoms with Gasteiger partial charge in [0, 0.05) is 23.0 Å². The van der Waals surface area contributed by atoms with E-state index in [1.165, 1.54) is 18.4 Å². The lowest BCUT2D eigenvalue weighted by Gasteiger charge is -2.22. The van der Waals surface area contributed by atoms with Crippen LogP contribution in [0.4, 0.5) is 10.1 Å². The largest absolute Gasteiger partial charge is 0.488 e. The van der Waals surface area contributed by atoms with Gasteiger partial charge in [-0.05, 0) is 47.5 Å². The van der Waals surface area contributed by atoms with Gasteiger partial charge >= 0.3 is 0 Å². The lowest BCUT2D eigenvalue weighted by atomic mass is 10.1. The van der Waals surface area contributed by atoms with Gasteiger partial charge in [-0.1, -0.05) is 35.9 Å². The summed E-state index contributed by atoms with van der Waals surface area (Å²) in [6, 6.07) is 18.7. The lowest BCUT2D eigenvalue weighted by molar-refractivity contribution is 0.304. The van der Waals surface area contributed by atoms with Gasteiger partial charge in [-0.25, -0.2) is 22.8 Å². The van der Waals surface area contributed by atoms with E-state index in [4.69, 9.17) is 16.3 Å². The Hall–Kier alpha value is -3.23. The predicted octanol–water partition coefficient (Wildman–Crippen LogP) is 4.86. The molecule has 0 saturated heterocycles. The Morgan fingerprint density at radius 2 is 1.85 bits per heavy atom. The van der Waals surface area contributed by atoms with Gasteiger partial charge in [0.15, 0.2) is 15.7 Å². The molecule has 1 heterocycles. The molecular weight excluding hydrogens is 465 g/mol. The summed E-state index contributed by atoms with van der Waals surface area (Å²) in [5.74, 6) is 0.299. The molecule has 0 radical (unpaired) electrons. The second kappa shape index (κ2) is 9.72. The Bertz CT molecular complexity index is 1330. The van der Waals surface area contributed by atoms with Crippen LogP contribution in [-0.2, 0) is 22.2 Å². The number of amidine groups is 1. The van der Waals surface area contributed by atoms with Crippen molar-refractivity contribution < 1.29 is 17.5 Å². The Kier molecular flexibility index (Phi) is 6.76. The number of halogens is 2. The molecule has 0 bridgehead atoms. The van der Waals surface area contributed by atoms with E-state index in [9.17, 15) is 12.8 Å². The molecule has 170 valence electrons. The topological polar surface area (TPSA) is 71.3 Å². The third-order valence-electron chi connectivity index (χ3n) is 4.86. The van der Waals surface area contributed by atoms with Crippen LogP contribution in [0, 0.1) is 5.82 Å². The molecule has 33 heavy (non-hydrogen) atoms. The van der Waals surface area contributed by atoms with Crippen LogP contribution in [0.15, 0.2) is 76.7 Å². The number of rotatable bonds is 7. The summed E-state index contributed by atoms with van der Waals surface area (Å²) in [5, 5.41) is 0.627. The fraction of sp³-hybridized carbons (Fsp3) is 0.167. The van der Waals surface area contributed by atoms with Crippen molar-refractivity contribution in [1.29, 1.82) is 0 Å². The number of hydrogen-bond donors (Lipinski definition) is 0. The van der Waals surface area contributed by atoms with Gasteiger partial charge in [0.1, 0.15) is 24.8 Å².